The second kappa shape index (κ2) is 14.0. The van der Waals surface area contributed by atoms with Crippen molar-refractivity contribution in [1.29, 1.82) is 0 Å². The highest BCUT2D eigenvalue weighted by molar-refractivity contribution is 7.10. The van der Waals surface area contributed by atoms with Crippen LogP contribution in [0.3, 0.4) is 0 Å². The van der Waals surface area contributed by atoms with Crippen LogP contribution in [0.1, 0.15) is 96.4 Å². The van der Waals surface area contributed by atoms with Gasteiger partial charge in [0.25, 0.3) is 0 Å². The number of esters is 2. The van der Waals surface area contributed by atoms with Crippen LogP contribution in [-0.2, 0) is 23.8 Å². The van der Waals surface area contributed by atoms with Gasteiger partial charge in [-0.2, -0.15) is 0 Å². The van der Waals surface area contributed by atoms with Crippen molar-refractivity contribution < 1.29 is 23.8 Å². The van der Waals surface area contributed by atoms with Crippen LogP contribution in [0.25, 0.3) is 5.76 Å². The number of allylic oxidation sites excluding steroid dienone is 1. The first-order valence-electron chi connectivity index (χ1n) is 16.5. The Balaban J connectivity index is 1.51. The summed E-state index contributed by atoms with van der Waals surface area (Å²) in [5.41, 5.74) is 0.876. The van der Waals surface area contributed by atoms with Gasteiger partial charge in [0.1, 0.15) is 23.9 Å². The minimum atomic E-state index is -1.09. The molecule has 2 heterocycles. The van der Waals surface area contributed by atoms with E-state index in [2.05, 4.69) is 41.5 Å². The van der Waals surface area contributed by atoms with Crippen LogP contribution < -0.4 is 0 Å². The summed E-state index contributed by atoms with van der Waals surface area (Å²) in [5, 5.41) is 2.02. The summed E-state index contributed by atoms with van der Waals surface area (Å²) in [5.74, 6) is 0.998. The van der Waals surface area contributed by atoms with Crippen LogP contribution in [0, 0.1) is 41.4 Å². The SMILES string of the molecule is CC(C)[C@@H]1CC[C@@H](C)C[C@H]1OC(=O)[C@@H]1[C@H](C(=O)O[C@@H]2C[C@H](C)CC[C@H]2C(C)C)OC(c2ccccc2)=C[C@H]1c1cccs1. The number of thiophene rings is 1. The minimum Gasteiger partial charge on any atom is -0.477 e. The van der Waals surface area contributed by atoms with Gasteiger partial charge in [-0.1, -0.05) is 90.8 Å². The molecule has 2 aliphatic carbocycles. The fourth-order valence-electron chi connectivity index (χ4n) is 7.62. The fraction of sp³-hybridized carbons (Fsp3) is 0.622. The lowest BCUT2D eigenvalue weighted by molar-refractivity contribution is -0.180. The van der Waals surface area contributed by atoms with Gasteiger partial charge in [0.2, 0.25) is 6.10 Å². The zero-order valence-electron chi connectivity index (χ0n) is 26.7. The normalized spacial score (nSPS) is 33.0. The second-order valence-electron chi connectivity index (χ2n) is 14.1. The molecule has 0 N–H and O–H groups in total. The second-order valence-corrected chi connectivity index (χ2v) is 15.1. The molecular formula is C37H50O5S. The first-order valence-corrected chi connectivity index (χ1v) is 17.4. The highest BCUT2D eigenvalue weighted by Crippen LogP contribution is 2.44. The fourth-order valence-corrected chi connectivity index (χ4v) is 8.46. The maximum Gasteiger partial charge on any atom is 0.348 e. The monoisotopic (exact) mass is 606 g/mol. The molecule has 3 aliphatic rings. The molecule has 2 fully saturated rings. The summed E-state index contributed by atoms with van der Waals surface area (Å²) >= 11 is 1.59. The number of carbonyl (C=O) groups excluding carboxylic acids is 2. The van der Waals surface area contributed by atoms with Gasteiger partial charge in [-0.15, -0.1) is 11.3 Å². The Bertz CT molecular complexity index is 1230. The summed E-state index contributed by atoms with van der Waals surface area (Å²) in [4.78, 5) is 29.7. The van der Waals surface area contributed by atoms with Gasteiger partial charge in [-0.25, -0.2) is 4.79 Å². The summed E-state index contributed by atoms with van der Waals surface area (Å²) in [7, 11) is 0. The van der Waals surface area contributed by atoms with E-state index in [9.17, 15) is 9.59 Å². The molecule has 5 nitrogen and oxygen atoms in total. The summed E-state index contributed by atoms with van der Waals surface area (Å²) < 4.78 is 19.4. The zero-order chi connectivity index (χ0) is 30.7. The maximum absolute atomic E-state index is 14.4. The van der Waals surface area contributed by atoms with E-state index in [1.807, 2.05) is 53.9 Å². The molecule has 1 aromatic heterocycles. The first kappa shape index (κ1) is 31.8. The Morgan fingerprint density at radius 2 is 1.37 bits per heavy atom. The lowest BCUT2D eigenvalue weighted by Crippen LogP contribution is -2.48. The van der Waals surface area contributed by atoms with Crippen molar-refractivity contribution in [3.8, 4) is 0 Å². The average molecular weight is 607 g/mol. The van der Waals surface area contributed by atoms with Gasteiger partial charge >= 0.3 is 11.9 Å². The zero-order valence-corrected chi connectivity index (χ0v) is 27.6. The van der Waals surface area contributed by atoms with Crippen LogP contribution in [0.4, 0.5) is 0 Å². The van der Waals surface area contributed by atoms with Crippen molar-refractivity contribution in [2.75, 3.05) is 0 Å². The summed E-state index contributed by atoms with van der Waals surface area (Å²) in [6.45, 7) is 13.3. The molecule has 0 amide bonds. The highest BCUT2D eigenvalue weighted by atomic mass is 32.1. The van der Waals surface area contributed by atoms with Gasteiger partial charge in [0.15, 0.2) is 0 Å². The van der Waals surface area contributed by atoms with Crippen molar-refractivity contribution in [3.63, 3.8) is 0 Å². The third kappa shape index (κ3) is 7.38. The van der Waals surface area contributed by atoms with Crippen molar-refractivity contribution in [2.24, 2.45) is 41.4 Å². The third-order valence-corrected chi connectivity index (χ3v) is 11.2. The number of ether oxygens (including phenoxy) is 3. The number of hydrogen-bond donors (Lipinski definition) is 0. The van der Waals surface area contributed by atoms with Crippen molar-refractivity contribution in [1.82, 2.24) is 0 Å². The largest absolute Gasteiger partial charge is 0.477 e. The van der Waals surface area contributed by atoms with Crippen LogP contribution in [0.15, 0.2) is 53.9 Å². The minimum absolute atomic E-state index is 0.166. The maximum atomic E-state index is 14.4. The molecule has 2 saturated carbocycles. The molecule has 0 radical (unpaired) electrons. The van der Waals surface area contributed by atoms with Gasteiger partial charge in [-0.3, -0.25) is 4.79 Å². The van der Waals surface area contributed by atoms with E-state index < -0.39 is 18.0 Å². The predicted octanol–water partition coefficient (Wildman–Crippen LogP) is 8.90. The molecule has 5 rings (SSSR count). The molecule has 1 aromatic carbocycles. The third-order valence-electron chi connectivity index (χ3n) is 10.2. The quantitative estimate of drug-likeness (QED) is 0.281. The van der Waals surface area contributed by atoms with E-state index in [1.165, 1.54) is 0 Å². The Morgan fingerprint density at radius 3 is 1.91 bits per heavy atom. The number of carbonyl (C=O) groups is 2. The molecule has 0 bridgehead atoms. The average Bonchev–Trinajstić information content (AvgIpc) is 3.52. The first-order chi connectivity index (χ1) is 20.6. The highest BCUT2D eigenvalue weighted by Gasteiger charge is 2.49. The van der Waals surface area contributed by atoms with Crippen LogP contribution in [-0.4, -0.2) is 30.3 Å². The topological polar surface area (TPSA) is 61.8 Å². The van der Waals surface area contributed by atoms with Gasteiger partial charge in [-0.05, 0) is 78.7 Å². The van der Waals surface area contributed by atoms with E-state index in [-0.39, 0.29) is 24.1 Å². The molecule has 2 aromatic rings. The Kier molecular flexibility index (Phi) is 10.4. The lowest BCUT2D eigenvalue weighted by Gasteiger charge is -2.41. The molecule has 43 heavy (non-hydrogen) atoms. The van der Waals surface area contributed by atoms with E-state index in [0.29, 0.717) is 41.3 Å². The Labute approximate surface area is 262 Å². The molecule has 234 valence electrons. The van der Waals surface area contributed by atoms with E-state index in [4.69, 9.17) is 14.2 Å². The molecule has 9 atom stereocenters. The predicted molar refractivity (Wildman–Crippen MR) is 172 cm³/mol. The number of benzene rings is 1. The van der Waals surface area contributed by atoms with E-state index in [0.717, 1.165) is 49.0 Å². The van der Waals surface area contributed by atoms with E-state index in [1.54, 1.807) is 11.3 Å². The molecule has 6 heteroatoms. The summed E-state index contributed by atoms with van der Waals surface area (Å²) in [6.07, 6.45) is 6.63. The Morgan fingerprint density at radius 1 is 0.791 bits per heavy atom. The molecule has 0 saturated heterocycles. The lowest BCUT2D eigenvalue weighted by atomic mass is 9.75. The number of hydrogen-bond acceptors (Lipinski definition) is 6. The van der Waals surface area contributed by atoms with Gasteiger partial charge < -0.3 is 14.2 Å². The molecule has 0 unspecified atom stereocenters. The van der Waals surface area contributed by atoms with Crippen LogP contribution in [0.2, 0.25) is 0 Å². The summed E-state index contributed by atoms with van der Waals surface area (Å²) in [6, 6.07) is 13.9. The van der Waals surface area contributed by atoms with Crippen molar-refractivity contribution >= 4 is 29.0 Å². The van der Waals surface area contributed by atoms with Crippen LogP contribution in [0.5, 0.6) is 0 Å². The smallest absolute Gasteiger partial charge is 0.348 e. The number of rotatable bonds is 8. The van der Waals surface area contributed by atoms with E-state index >= 15 is 0 Å². The molecular weight excluding hydrogens is 556 g/mol. The Hall–Kier alpha value is -2.60. The van der Waals surface area contributed by atoms with Gasteiger partial charge in [0.05, 0.1) is 0 Å². The molecule has 0 spiro atoms. The molecule has 1 aliphatic heterocycles. The van der Waals surface area contributed by atoms with Crippen LogP contribution >= 0.6 is 11.3 Å². The van der Waals surface area contributed by atoms with Gasteiger partial charge in [0, 0.05) is 16.4 Å². The standard InChI is InChI=1S/C37H50O5S/c1-22(2)27-16-14-24(5)19-31(27)41-36(38)34-29(33-13-10-18-43-33)21-30(26-11-8-7-9-12-26)40-35(34)37(39)42-32-20-25(6)15-17-28(32)23(3)4/h7-13,18,21-25,27-29,31-32,34-35H,14-17,19-20H2,1-6H3/t24-,25-,27+,28+,29+,31-,32-,34+,35-/m1/s1. The van der Waals surface area contributed by atoms with Crippen molar-refractivity contribution in [2.45, 2.75) is 104 Å². The van der Waals surface area contributed by atoms with Crippen molar-refractivity contribution in [3.05, 3.63) is 64.4 Å².